The predicted octanol–water partition coefficient (Wildman–Crippen LogP) is 6.21. The molecular weight excluding hydrogens is 420 g/mol. The number of fused-ring (bicyclic) bond motifs is 5. The Morgan fingerprint density at radius 1 is 1.12 bits per heavy atom. The quantitative estimate of drug-likeness (QED) is 0.444. The van der Waals surface area contributed by atoms with Crippen LogP contribution in [-0.4, -0.2) is 22.7 Å². The number of aromatic nitrogens is 2. The van der Waals surface area contributed by atoms with Gasteiger partial charge >= 0.3 is 0 Å². The first-order chi connectivity index (χ1) is 16.5. The average Bonchev–Trinajstić information content (AvgIpc) is 3.35. The monoisotopic (exact) mass is 452 g/mol. The van der Waals surface area contributed by atoms with E-state index in [2.05, 4.69) is 49.4 Å². The summed E-state index contributed by atoms with van der Waals surface area (Å²) < 4.78 is 7.38. The van der Waals surface area contributed by atoms with Crippen LogP contribution in [0.1, 0.15) is 55.3 Å². The third-order valence-corrected chi connectivity index (χ3v) is 8.86. The van der Waals surface area contributed by atoms with Crippen molar-refractivity contribution in [2.24, 2.45) is 24.3 Å². The molecule has 0 saturated heterocycles. The molecule has 0 aliphatic heterocycles. The van der Waals surface area contributed by atoms with Crippen molar-refractivity contribution in [3.8, 4) is 17.0 Å². The number of hydrogen-bond donors (Lipinski definition) is 0. The molecule has 2 fully saturated rings. The molecule has 3 aliphatic rings. The molecular formula is C30H32N2O2. The van der Waals surface area contributed by atoms with Crippen molar-refractivity contribution < 1.29 is 9.53 Å². The maximum atomic E-state index is 13.7. The van der Waals surface area contributed by atoms with E-state index < -0.39 is 0 Å². The third kappa shape index (κ3) is 3.26. The van der Waals surface area contributed by atoms with Gasteiger partial charge in [0.1, 0.15) is 5.75 Å². The summed E-state index contributed by atoms with van der Waals surface area (Å²) in [5.41, 5.74) is 6.73. The lowest BCUT2D eigenvalue weighted by atomic mass is 9.55. The Labute approximate surface area is 201 Å². The van der Waals surface area contributed by atoms with Gasteiger partial charge in [0.05, 0.1) is 18.5 Å². The van der Waals surface area contributed by atoms with Gasteiger partial charge in [0.25, 0.3) is 0 Å². The minimum Gasteiger partial charge on any atom is -0.497 e. The van der Waals surface area contributed by atoms with E-state index in [-0.39, 0.29) is 5.41 Å². The number of hydrogen-bond acceptors (Lipinski definition) is 3. The van der Waals surface area contributed by atoms with E-state index >= 15 is 0 Å². The Morgan fingerprint density at radius 3 is 2.74 bits per heavy atom. The second-order valence-corrected chi connectivity index (χ2v) is 10.6. The summed E-state index contributed by atoms with van der Waals surface area (Å²) in [6, 6.07) is 19.0. The summed E-state index contributed by atoms with van der Waals surface area (Å²) in [5, 5.41) is 4.73. The molecule has 0 radical (unpaired) electrons. The summed E-state index contributed by atoms with van der Waals surface area (Å²) in [6.45, 7) is 2.23. The minimum atomic E-state index is -0.242. The van der Waals surface area contributed by atoms with Gasteiger partial charge in [-0.15, -0.1) is 0 Å². The van der Waals surface area contributed by atoms with Gasteiger partial charge in [0.15, 0.2) is 5.78 Å². The van der Waals surface area contributed by atoms with Crippen LogP contribution in [0.2, 0.25) is 0 Å². The van der Waals surface area contributed by atoms with Crippen LogP contribution in [0.25, 0.3) is 17.3 Å². The maximum absolute atomic E-state index is 13.7. The number of allylic oxidation sites excluding steroid dienone is 1. The van der Waals surface area contributed by atoms with Gasteiger partial charge in [0, 0.05) is 12.5 Å². The summed E-state index contributed by atoms with van der Waals surface area (Å²) in [5.74, 6) is 2.84. The van der Waals surface area contributed by atoms with Gasteiger partial charge < -0.3 is 4.74 Å². The highest BCUT2D eigenvalue weighted by molar-refractivity contribution is 6.05. The van der Waals surface area contributed by atoms with Gasteiger partial charge in [0.2, 0.25) is 0 Å². The first-order valence-electron chi connectivity index (χ1n) is 12.5. The highest BCUT2D eigenvalue weighted by Gasteiger charge is 2.56. The third-order valence-electron chi connectivity index (χ3n) is 8.86. The molecule has 0 bridgehead atoms. The van der Waals surface area contributed by atoms with Crippen LogP contribution in [0.3, 0.4) is 0 Å². The average molecular weight is 453 g/mol. The number of rotatable bonds is 3. The Kier molecular flexibility index (Phi) is 5.02. The lowest BCUT2D eigenvalue weighted by Crippen LogP contribution is -2.42. The van der Waals surface area contributed by atoms with Gasteiger partial charge in [-0.25, -0.2) is 0 Å². The fraction of sp³-hybridized carbons (Fsp3) is 0.400. The van der Waals surface area contributed by atoms with E-state index in [0.717, 1.165) is 60.4 Å². The molecule has 1 heterocycles. The summed E-state index contributed by atoms with van der Waals surface area (Å²) in [6.07, 6.45) is 7.24. The number of Topliss-reactive ketones (excluding diaryl/α,β-unsaturated/α-hetero) is 1. The smallest absolute Gasteiger partial charge is 0.165 e. The van der Waals surface area contributed by atoms with Gasteiger partial charge in [-0.1, -0.05) is 43.3 Å². The van der Waals surface area contributed by atoms with E-state index in [4.69, 9.17) is 9.84 Å². The molecule has 34 heavy (non-hydrogen) atoms. The summed E-state index contributed by atoms with van der Waals surface area (Å²) in [7, 11) is 3.71. The summed E-state index contributed by atoms with van der Waals surface area (Å²) >= 11 is 0. The molecule has 4 nitrogen and oxygen atoms in total. The maximum Gasteiger partial charge on any atom is 0.165 e. The standard InChI is InChI=1S/C30H32N2O2/c1-30-14-13-25-24-12-10-23(34-3)16-20(24)9-11-26(25)27(30)17-21(29(30)33)15-22-18-28(32(2)31-22)19-7-5-4-6-8-19/h4-8,10,12,15-16,18,25-27H,9,11,13-14,17H2,1-3H3/b21-15+/t25-,26+,27+,30-/m1/s1. The second kappa shape index (κ2) is 7.97. The number of aryl methyl sites for hydroxylation is 2. The van der Waals surface area contributed by atoms with E-state index in [1.165, 1.54) is 11.1 Å². The number of ketones is 1. The number of ether oxygens (including phenoxy) is 1. The molecule has 0 amide bonds. The first-order valence-corrected chi connectivity index (χ1v) is 12.5. The van der Waals surface area contributed by atoms with Crippen LogP contribution in [0.15, 0.2) is 60.2 Å². The van der Waals surface area contributed by atoms with Crippen molar-refractivity contribution in [1.29, 1.82) is 0 Å². The Balaban J connectivity index is 1.31. The molecule has 2 aromatic carbocycles. The van der Waals surface area contributed by atoms with Crippen LogP contribution >= 0.6 is 0 Å². The SMILES string of the molecule is COc1ccc2c(c1)CC[C@H]1[C@@H]2CC[C@@]2(C)C(=O)/C(=C/c3cc(-c4ccccc4)n(C)n3)C[C@@H]12. The van der Waals surface area contributed by atoms with Crippen LogP contribution in [0.4, 0.5) is 0 Å². The second-order valence-electron chi connectivity index (χ2n) is 10.6. The Bertz CT molecular complexity index is 1290. The molecule has 6 rings (SSSR count). The topological polar surface area (TPSA) is 44.1 Å². The van der Waals surface area contributed by atoms with E-state index in [9.17, 15) is 4.79 Å². The molecule has 174 valence electrons. The Morgan fingerprint density at radius 2 is 1.94 bits per heavy atom. The molecule has 2 saturated carbocycles. The van der Waals surface area contributed by atoms with Crippen molar-refractivity contribution in [3.63, 3.8) is 0 Å². The fourth-order valence-corrected chi connectivity index (χ4v) is 7.10. The number of nitrogens with zero attached hydrogens (tertiary/aromatic N) is 2. The number of carbonyl (C=O) groups is 1. The number of benzene rings is 2. The van der Waals surface area contributed by atoms with Crippen molar-refractivity contribution in [2.75, 3.05) is 7.11 Å². The van der Waals surface area contributed by atoms with Gasteiger partial charge in [-0.3, -0.25) is 9.48 Å². The van der Waals surface area contributed by atoms with Crippen LogP contribution in [0, 0.1) is 17.3 Å². The number of carbonyl (C=O) groups excluding carboxylic acids is 1. The zero-order valence-electron chi connectivity index (χ0n) is 20.3. The van der Waals surface area contributed by atoms with E-state index in [1.54, 1.807) is 7.11 Å². The van der Waals surface area contributed by atoms with Crippen LogP contribution in [0.5, 0.6) is 5.75 Å². The molecule has 0 spiro atoms. The van der Waals surface area contributed by atoms with Crippen molar-refractivity contribution >= 4 is 11.9 Å². The van der Waals surface area contributed by atoms with E-state index in [1.807, 2.05) is 29.9 Å². The molecule has 3 aliphatic carbocycles. The molecule has 0 unspecified atom stereocenters. The molecule has 0 N–H and O–H groups in total. The minimum absolute atomic E-state index is 0.242. The van der Waals surface area contributed by atoms with Crippen LogP contribution < -0.4 is 4.74 Å². The highest BCUT2D eigenvalue weighted by atomic mass is 16.5. The molecule has 1 aromatic heterocycles. The Hall–Kier alpha value is -3.14. The molecule has 4 atom stereocenters. The number of methoxy groups -OCH3 is 1. The van der Waals surface area contributed by atoms with Crippen molar-refractivity contribution in [1.82, 2.24) is 9.78 Å². The zero-order valence-corrected chi connectivity index (χ0v) is 20.3. The lowest BCUT2D eigenvalue weighted by Gasteiger charge is -2.48. The van der Waals surface area contributed by atoms with Crippen molar-refractivity contribution in [2.45, 2.75) is 44.9 Å². The van der Waals surface area contributed by atoms with Crippen molar-refractivity contribution in [3.05, 3.63) is 77.0 Å². The fourth-order valence-electron chi connectivity index (χ4n) is 7.10. The van der Waals surface area contributed by atoms with Crippen LogP contribution in [-0.2, 0) is 18.3 Å². The largest absolute Gasteiger partial charge is 0.497 e. The normalized spacial score (nSPS) is 29.0. The predicted molar refractivity (Wildman–Crippen MR) is 135 cm³/mol. The highest BCUT2D eigenvalue weighted by Crippen LogP contribution is 2.60. The molecule has 3 aromatic rings. The summed E-state index contributed by atoms with van der Waals surface area (Å²) in [4.78, 5) is 13.7. The van der Waals surface area contributed by atoms with Gasteiger partial charge in [-0.2, -0.15) is 5.10 Å². The first kappa shape index (κ1) is 21.4. The van der Waals surface area contributed by atoms with Gasteiger partial charge in [-0.05, 0) is 96.4 Å². The zero-order chi connectivity index (χ0) is 23.4. The molecule has 4 heteroatoms. The lowest BCUT2D eigenvalue weighted by molar-refractivity contribution is -0.127. The van der Waals surface area contributed by atoms with E-state index in [0.29, 0.717) is 23.5 Å².